The van der Waals surface area contributed by atoms with Gasteiger partial charge in [-0.15, -0.1) is 0 Å². The van der Waals surface area contributed by atoms with Crippen molar-refractivity contribution in [2.45, 2.75) is 27.2 Å². The molecule has 162 valence electrons. The molecule has 4 aromatic rings. The lowest BCUT2D eigenvalue weighted by Crippen LogP contribution is -2.13. The van der Waals surface area contributed by atoms with Crippen LogP contribution in [0.25, 0.3) is 17.1 Å². The number of nitrogens with one attached hydrogen (secondary N) is 2. The first-order valence-electron chi connectivity index (χ1n) is 10.2. The van der Waals surface area contributed by atoms with Gasteiger partial charge in [0, 0.05) is 28.6 Å². The van der Waals surface area contributed by atoms with Crippen LogP contribution < -0.4 is 10.9 Å². The van der Waals surface area contributed by atoms with E-state index in [0.717, 1.165) is 17.1 Å². The minimum Gasteiger partial charge on any atom is -0.322 e. The average molecular weight is 448 g/mol. The Morgan fingerprint density at radius 2 is 1.88 bits per heavy atom. The number of aromatic nitrogens is 4. The van der Waals surface area contributed by atoms with Gasteiger partial charge in [0.1, 0.15) is 5.82 Å². The number of carbonyl (C=O) groups is 1. The lowest BCUT2D eigenvalue weighted by Gasteiger charge is -2.09. The van der Waals surface area contributed by atoms with Gasteiger partial charge in [0.25, 0.3) is 11.5 Å². The summed E-state index contributed by atoms with van der Waals surface area (Å²) in [4.78, 5) is 31.9. The number of benzene rings is 2. The third-order valence-corrected chi connectivity index (χ3v) is 5.67. The molecule has 32 heavy (non-hydrogen) atoms. The molecule has 0 bridgehead atoms. The van der Waals surface area contributed by atoms with E-state index in [0.29, 0.717) is 39.8 Å². The lowest BCUT2D eigenvalue weighted by atomic mass is 10.1. The molecule has 0 saturated carbocycles. The second kappa shape index (κ2) is 8.80. The molecule has 2 N–H and O–H groups in total. The molecule has 2 aromatic heterocycles. The molecule has 0 unspecified atom stereocenters. The molecule has 2 aromatic carbocycles. The SMILES string of the molecule is CCc1cc(=O)[nH]c(-c2cccc(NC(=O)c3ccc(-n4nc(C)c(Cl)c4C)cc3)c2)n1. The fraction of sp³-hybridized carbons (Fsp3) is 0.167. The van der Waals surface area contributed by atoms with Crippen LogP contribution in [0.5, 0.6) is 0 Å². The van der Waals surface area contributed by atoms with Gasteiger partial charge < -0.3 is 10.3 Å². The van der Waals surface area contributed by atoms with E-state index in [2.05, 4.69) is 20.4 Å². The number of carbonyl (C=O) groups excluding carboxylic acids is 1. The first-order valence-corrected chi connectivity index (χ1v) is 10.6. The molecular weight excluding hydrogens is 426 g/mol. The van der Waals surface area contributed by atoms with Crippen molar-refractivity contribution in [2.24, 2.45) is 0 Å². The Morgan fingerprint density at radius 3 is 2.53 bits per heavy atom. The van der Waals surface area contributed by atoms with Crippen molar-refractivity contribution in [3.05, 3.63) is 92.6 Å². The molecule has 2 heterocycles. The van der Waals surface area contributed by atoms with Crippen LogP contribution in [0.1, 0.15) is 34.4 Å². The third kappa shape index (κ3) is 4.33. The van der Waals surface area contributed by atoms with Gasteiger partial charge in [-0.25, -0.2) is 9.67 Å². The number of hydrogen-bond acceptors (Lipinski definition) is 4. The Labute approximate surface area is 190 Å². The second-order valence-electron chi connectivity index (χ2n) is 7.42. The van der Waals surface area contributed by atoms with E-state index in [9.17, 15) is 9.59 Å². The average Bonchev–Trinajstić information content (AvgIpc) is 3.06. The van der Waals surface area contributed by atoms with Gasteiger partial charge in [0.15, 0.2) is 0 Å². The standard InChI is InChI=1S/C24H22ClN5O2/c1-4-18-13-21(31)28-23(26-18)17-6-5-7-19(12-17)27-24(32)16-8-10-20(11-9-16)30-15(3)22(25)14(2)29-30/h5-13H,4H2,1-3H3,(H,27,32)(H,26,28,31). The second-order valence-corrected chi connectivity index (χ2v) is 7.80. The van der Waals surface area contributed by atoms with Gasteiger partial charge in [-0.3, -0.25) is 9.59 Å². The summed E-state index contributed by atoms with van der Waals surface area (Å²) in [6.07, 6.45) is 0.660. The Morgan fingerprint density at radius 1 is 1.12 bits per heavy atom. The number of nitrogens with zero attached hydrogens (tertiary/aromatic N) is 3. The van der Waals surface area contributed by atoms with Gasteiger partial charge in [-0.2, -0.15) is 5.10 Å². The molecule has 0 atom stereocenters. The van der Waals surface area contributed by atoms with Gasteiger partial charge >= 0.3 is 0 Å². The maximum atomic E-state index is 12.8. The molecule has 7 nitrogen and oxygen atoms in total. The highest BCUT2D eigenvalue weighted by atomic mass is 35.5. The van der Waals surface area contributed by atoms with Crippen molar-refractivity contribution in [3.63, 3.8) is 0 Å². The van der Waals surface area contributed by atoms with E-state index in [-0.39, 0.29) is 11.5 Å². The number of amides is 1. The smallest absolute Gasteiger partial charge is 0.255 e. The van der Waals surface area contributed by atoms with Gasteiger partial charge in [0.2, 0.25) is 0 Å². The molecular formula is C24H22ClN5O2. The molecule has 0 aliphatic rings. The Balaban J connectivity index is 1.54. The minimum atomic E-state index is -0.246. The number of rotatable bonds is 5. The van der Waals surface area contributed by atoms with E-state index in [4.69, 9.17) is 11.6 Å². The first-order chi connectivity index (χ1) is 15.4. The Hall–Kier alpha value is -3.71. The number of halogens is 1. The van der Waals surface area contributed by atoms with Crippen molar-refractivity contribution in [3.8, 4) is 17.1 Å². The highest BCUT2D eigenvalue weighted by Crippen LogP contribution is 2.23. The number of aryl methyl sites for hydroxylation is 2. The van der Waals surface area contributed by atoms with Gasteiger partial charge in [0.05, 0.1) is 22.1 Å². The van der Waals surface area contributed by atoms with E-state index < -0.39 is 0 Å². The molecule has 1 amide bonds. The van der Waals surface area contributed by atoms with Crippen molar-refractivity contribution >= 4 is 23.2 Å². The predicted octanol–water partition coefficient (Wildman–Crippen LogP) is 4.71. The molecule has 8 heteroatoms. The first kappa shape index (κ1) is 21.5. The van der Waals surface area contributed by atoms with E-state index >= 15 is 0 Å². The van der Waals surface area contributed by atoms with Crippen molar-refractivity contribution in [2.75, 3.05) is 5.32 Å². The normalized spacial score (nSPS) is 10.9. The molecule has 0 saturated heterocycles. The zero-order valence-corrected chi connectivity index (χ0v) is 18.7. The van der Waals surface area contributed by atoms with Crippen LogP contribution in [-0.4, -0.2) is 25.7 Å². The Bertz CT molecular complexity index is 1360. The Kier molecular flexibility index (Phi) is 5.92. The molecule has 4 rings (SSSR count). The maximum absolute atomic E-state index is 12.8. The fourth-order valence-electron chi connectivity index (χ4n) is 3.40. The summed E-state index contributed by atoms with van der Waals surface area (Å²) in [5.74, 6) is 0.224. The number of hydrogen-bond donors (Lipinski definition) is 2. The third-order valence-electron chi connectivity index (χ3n) is 5.13. The minimum absolute atomic E-state index is 0.203. The zero-order valence-electron chi connectivity index (χ0n) is 17.9. The zero-order chi connectivity index (χ0) is 22.8. The summed E-state index contributed by atoms with van der Waals surface area (Å²) in [6.45, 7) is 5.69. The van der Waals surface area contributed by atoms with E-state index in [1.54, 1.807) is 35.0 Å². The van der Waals surface area contributed by atoms with Crippen LogP contribution in [0.4, 0.5) is 5.69 Å². The van der Waals surface area contributed by atoms with Gasteiger partial charge in [-0.1, -0.05) is 30.7 Å². The lowest BCUT2D eigenvalue weighted by molar-refractivity contribution is 0.102. The summed E-state index contributed by atoms with van der Waals surface area (Å²) in [5, 5.41) is 7.96. The quantitative estimate of drug-likeness (QED) is 0.463. The van der Waals surface area contributed by atoms with Crippen LogP contribution in [0.15, 0.2) is 59.4 Å². The summed E-state index contributed by atoms with van der Waals surface area (Å²) in [7, 11) is 0. The maximum Gasteiger partial charge on any atom is 0.255 e. The summed E-state index contributed by atoms with van der Waals surface area (Å²) >= 11 is 6.23. The largest absolute Gasteiger partial charge is 0.322 e. The predicted molar refractivity (Wildman–Crippen MR) is 126 cm³/mol. The van der Waals surface area contributed by atoms with E-state index in [1.165, 1.54) is 6.07 Å². The van der Waals surface area contributed by atoms with Crippen LogP contribution in [0, 0.1) is 13.8 Å². The van der Waals surface area contributed by atoms with Crippen LogP contribution in [0.2, 0.25) is 5.02 Å². The van der Waals surface area contributed by atoms with E-state index in [1.807, 2.05) is 39.0 Å². The summed E-state index contributed by atoms with van der Waals surface area (Å²) < 4.78 is 1.75. The summed E-state index contributed by atoms with van der Waals surface area (Å²) in [5.41, 5.74) is 4.75. The number of aromatic amines is 1. The fourth-order valence-corrected chi connectivity index (χ4v) is 3.52. The molecule has 0 fully saturated rings. The van der Waals surface area contributed by atoms with Crippen LogP contribution in [-0.2, 0) is 6.42 Å². The molecule has 0 aliphatic carbocycles. The topological polar surface area (TPSA) is 92.7 Å². The monoisotopic (exact) mass is 447 g/mol. The van der Waals surface area contributed by atoms with Gasteiger partial charge in [-0.05, 0) is 56.7 Å². The number of anilines is 1. The number of H-pyrrole nitrogens is 1. The molecule has 0 aliphatic heterocycles. The van der Waals surface area contributed by atoms with Crippen molar-refractivity contribution in [1.82, 2.24) is 19.7 Å². The van der Waals surface area contributed by atoms with Crippen LogP contribution >= 0.6 is 11.6 Å². The summed E-state index contributed by atoms with van der Waals surface area (Å²) in [6, 6.07) is 15.8. The molecule has 0 spiro atoms. The highest BCUT2D eigenvalue weighted by Gasteiger charge is 2.12. The molecule has 0 radical (unpaired) electrons. The van der Waals surface area contributed by atoms with Crippen LogP contribution in [0.3, 0.4) is 0 Å². The van der Waals surface area contributed by atoms with Crippen molar-refractivity contribution < 1.29 is 4.79 Å². The van der Waals surface area contributed by atoms with Crippen molar-refractivity contribution in [1.29, 1.82) is 0 Å². The highest BCUT2D eigenvalue weighted by molar-refractivity contribution is 6.31.